The minimum Gasteiger partial charge on any atom is -0.303 e. The molecule has 0 atom stereocenters. The fourth-order valence-electron chi connectivity index (χ4n) is 2.16. The Bertz CT molecular complexity index is 752. The lowest BCUT2D eigenvalue weighted by Crippen LogP contribution is -2.37. The van der Waals surface area contributed by atoms with E-state index in [1.807, 2.05) is 0 Å². The molecule has 8 nitrogen and oxygen atoms in total. The zero-order chi connectivity index (χ0) is 15.0. The smallest absolute Gasteiger partial charge is 0.303 e. The maximum absolute atomic E-state index is 12.3. The fourth-order valence-corrected chi connectivity index (χ4v) is 2.16. The van der Waals surface area contributed by atoms with Gasteiger partial charge >= 0.3 is 5.69 Å². The second-order valence-electron chi connectivity index (χ2n) is 5.29. The van der Waals surface area contributed by atoms with E-state index in [1.165, 1.54) is 11.6 Å². The Morgan fingerprint density at radius 1 is 1.25 bits per heavy atom. The standard InChI is InChI=1S/C12H20N6O2/c1-7(2)5-6-18-8-9(14-11(18)15-13)16(3)12(20)17(4)10(8)19/h7H,5-6,13H2,1-4H3,(H,14,15). The predicted octanol–water partition coefficient (Wildman–Crippen LogP) is -0.235. The number of aromatic nitrogens is 4. The molecule has 3 N–H and O–H groups in total. The first-order chi connectivity index (χ1) is 9.38. The van der Waals surface area contributed by atoms with E-state index in [0.717, 1.165) is 11.0 Å². The summed E-state index contributed by atoms with van der Waals surface area (Å²) in [5.74, 6) is 6.34. The summed E-state index contributed by atoms with van der Waals surface area (Å²) in [5.41, 5.74) is 2.46. The maximum atomic E-state index is 12.3. The van der Waals surface area contributed by atoms with Crippen LogP contribution in [0.2, 0.25) is 0 Å². The summed E-state index contributed by atoms with van der Waals surface area (Å²) >= 11 is 0. The SMILES string of the molecule is CC(C)CCn1c(NN)nc2c1c(=O)n(C)c(=O)n2C. The lowest BCUT2D eigenvalue weighted by atomic mass is 10.1. The molecule has 20 heavy (non-hydrogen) atoms. The van der Waals surface area contributed by atoms with Crippen molar-refractivity contribution in [1.29, 1.82) is 0 Å². The Morgan fingerprint density at radius 3 is 2.45 bits per heavy atom. The third kappa shape index (κ3) is 2.11. The molecule has 2 heterocycles. The molecule has 0 aliphatic carbocycles. The van der Waals surface area contributed by atoms with Gasteiger partial charge in [-0.05, 0) is 12.3 Å². The molecule has 2 rings (SSSR count). The molecule has 0 unspecified atom stereocenters. The Kier molecular flexibility index (Phi) is 3.67. The maximum Gasteiger partial charge on any atom is 0.332 e. The number of hydrogen-bond donors (Lipinski definition) is 2. The minimum atomic E-state index is -0.403. The first-order valence-corrected chi connectivity index (χ1v) is 6.51. The predicted molar refractivity (Wildman–Crippen MR) is 77.5 cm³/mol. The van der Waals surface area contributed by atoms with Crippen molar-refractivity contribution >= 4 is 17.1 Å². The molecule has 0 radical (unpaired) electrons. The van der Waals surface area contributed by atoms with E-state index in [4.69, 9.17) is 5.84 Å². The first kappa shape index (κ1) is 14.3. The third-order valence-corrected chi connectivity index (χ3v) is 3.41. The number of nitrogens with zero attached hydrogens (tertiary/aromatic N) is 4. The van der Waals surface area contributed by atoms with Crippen molar-refractivity contribution in [3.8, 4) is 0 Å². The van der Waals surface area contributed by atoms with Gasteiger partial charge in [0.05, 0.1) is 0 Å². The van der Waals surface area contributed by atoms with Gasteiger partial charge in [0.15, 0.2) is 11.2 Å². The summed E-state index contributed by atoms with van der Waals surface area (Å²) in [6, 6.07) is 0. The number of nitrogen functional groups attached to an aromatic ring is 1. The van der Waals surface area contributed by atoms with E-state index in [1.54, 1.807) is 11.6 Å². The number of hydrogen-bond acceptors (Lipinski definition) is 5. The van der Waals surface area contributed by atoms with Crippen LogP contribution in [0.1, 0.15) is 20.3 Å². The van der Waals surface area contributed by atoms with Gasteiger partial charge in [0.2, 0.25) is 5.95 Å². The van der Waals surface area contributed by atoms with Crippen molar-refractivity contribution in [1.82, 2.24) is 18.7 Å². The molecule has 0 amide bonds. The average Bonchev–Trinajstić information content (AvgIpc) is 2.79. The average molecular weight is 280 g/mol. The van der Waals surface area contributed by atoms with Crippen LogP contribution in [0, 0.1) is 5.92 Å². The van der Waals surface area contributed by atoms with Gasteiger partial charge in [-0.15, -0.1) is 0 Å². The zero-order valence-corrected chi connectivity index (χ0v) is 12.2. The second-order valence-corrected chi connectivity index (χ2v) is 5.29. The molecule has 110 valence electrons. The van der Waals surface area contributed by atoms with E-state index in [-0.39, 0.29) is 5.56 Å². The van der Waals surface area contributed by atoms with E-state index in [9.17, 15) is 9.59 Å². The summed E-state index contributed by atoms with van der Waals surface area (Å²) in [7, 11) is 3.05. The molecule has 0 saturated carbocycles. The van der Waals surface area contributed by atoms with Crippen LogP contribution in [-0.4, -0.2) is 18.7 Å². The van der Waals surface area contributed by atoms with Crippen LogP contribution in [-0.2, 0) is 20.6 Å². The summed E-state index contributed by atoms with van der Waals surface area (Å²) in [5, 5.41) is 0. The highest BCUT2D eigenvalue weighted by atomic mass is 16.2. The largest absolute Gasteiger partial charge is 0.332 e. The normalized spacial score (nSPS) is 11.5. The van der Waals surface area contributed by atoms with Crippen molar-refractivity contribution in [3.05, 3.63) is 20.8 Å². The van der Waals surface area contributed by atoms with Crippen molar-refractivity contribution < 1.29 is 0 Å². The summed E-state index contributed by atoms with van der Waals surface area (Å²) in [6.07, 6.45) is 0.881. The Morgan fingerprint density at radius 2 is 1.90 bits per heavy atom. The molecule has 0 aliphatic rings. The van der Waals surface area contributed by atoms with E-state index in [2.05, 4.69) is 24.3 Å². The summed E-state index contributed by atoms with van der Waals surface area (Å²) in [4.78, 5) is 28.5. The van der Waals surface area contributed by atoms with Gasteiger partial charge in [-0.25, -0.2) is 10.6 Å². The molecule has 0 aromatic carbocycles. The number of imidazole rings is 1. The van der Waals surface area contributed by atoms with Gasteiger partial charge in [0.1, 0.15) is 0 Å². The highest BCUT2D eigenvalue weighted by Gasteiger charge is 2.18. The van der Waals surface area contributed by atoms with Gasteiger partial charge in [0, 0.05) is 20.6 Å². The molecule has 2 aromatic rings. The van der Waals surface area contributed by atoms with E-state index < -0.39 is 5.69 Å². The first-order valence-electron chi connectivity index (χ1n) is 6.51. The number of hydrazine groups is 1. The third-order valence-electron chi connectivity index (χ3n) is 3.41. The van der Waals surface area contributed by atoms with Crippen molar-refractivity contribution in [2.45, 2.75) is 26.8 Å². The number of nitrogens with one attached hydrogen (secondary N) is 1. The van der Waals surface area contributed by atoms with Gasteiger partial charge in [-0.2, -0.15) is 4.98 Å². The van der Waals surface area contributed by atoms with Crippen LogP contribution in [0.4, 0.5) is 5.95 Å². The highest BCUT2D eigenvalue weighted by Crippen LogP contribution is 2.16. The number of aryl methyl sites for hydroxylation is 2. The van der Waals surface area contributed by atoms with Crippen LogP contribution in [0.3, 0.4) is 0 Å². The molecular weight excluding hydrogens is 260 g/mol. The second kappa shape index (κ2) is 5.12. The summed E-state index contributed by atoms with van der Waals surface area (Å²) < 4.78 is 4.16. The molecular formula is C12H20N6O2. The van der Waals surface area contributed by atoms with Gasteiger partial charge in [-0.1, -0.05) is 13.8 Å². The summed E-state index contributed by atoms with van der Waals surface area (Å²) in [6.45, 7) is 4.81. The van der Waals surface area contributed by atoms with Crippen LogP contribution in [0.15, 0.2) is 9.59 Å². The number of rotatable bonds is 4. The highest BCUT2D eigenvalue weighted by molar-refractivity contribution is 5.74. The number of nitrogens with two attached hydrogens (primary N) is 1. The molecule has 0 spiro atoms. The van der Waals surface area contributed by atoms with Gasteiger partial charge < -0.3 is 4.57 Å². The molecule has 0 aliphatic heterocycles. The van der Waals surface area contributed by atoms with Crippen LogP contribution in [0.25, 0.3) is 11.2 Å². The van der Waals surface area contributed by atoms with Gasteiger partial charge in [0.25, 0.3) is 5.56 Å². The molecule has 8 heteroatoms. The Labute approximate surface area is 115 Å². The van der Waals surface area contributed by atoms with Crippen LogP contribution >= 0.6 is 0 Å². The van der Waals surface area contributed by atoms with Crippen molar-refractivity contribution in [2.24, 2.45) is 25.9 Å². The zero-order valence-electron chi connectivity index (χ0n) is 12.2. The Balaban J connectivity index is 2.79. The lowest BCUT2D eigenvalue weighted by Gasteiger charge is -2.10. The lowest BCUT2D eigenvalue weighted by molar-refractivity contribution is 0.523. The monoisotopic (exact) mass is 280 g/mol. The van der Waals surface area contributed by atoms with Crippen LogP contribution < -0.4 is 22.5 Å². The molecule has 0 saturated heterocycles. The van der Waals surface area contributed by atoms with E-state index >= 15 is 0 Å². The van der Waals surface area contributed by atoms with E-state index in [0.29, 0.717) is 29.6 Å². The number of fused-ring (bicyclic) bond motifs is 1. The molecule has 0 bridgehead atoms. The van der Waals surface area contributed by atoms with Gasteiger partial charge in [-0.3, -0.25) is 19.4 Å². The fraction of sp³-hybridized carbons (Fsp3) is 0.583. The van der Waals surface area contributed by atoms with Crippen LogP contribution in [0.5, 0.6) is 0 Å². The topological polar surface area (TPSA) is 99.9 Å². The van der Waals surface area contributed by atoms with Crippen molar-refractivity contribution in [3.63, 3.8) is 0 Å². The Hall–Kier alpha value is -2.09. The molecule has 0 fully saturated rings. The molecule has 2 aromatic heterocycles. The number of anilines is 1. The van der Waals surface area contributed by atoms with Crippen molar-refractivity contribution in [2.75, 3.05) is 5.43 Å². The minimum absolute atomic E-state index is 0.342. The quantitative estimate of drug-likeness (QED) is 0.595.